The molecule has 3 aromatic carbocycles. The average molecular weight is 474 g/mol. The van der Waals surface area contributed by atoms with Crippen LogP contribution in [0.3, 0.4) is 0 Å². The molecule has 3 atom stereocenters. The standard InChI is InChI=1S/C27H27F4NO2/c1-25(33,27(29,30)31)21-9-7-20(8-10-21)24-15-32-17-26(24,22-11-13-23(28)14-12-22)18-34-16-19-5-3-2-4-6-19/h2-14,24,32-33H,15-18H2,1H3/t24-,25?,26-/m0/s1. The number of ether oxygens (including phenoxy) is 1. The number of alkyl halides is 3. The summed E-state index contributed by atoms with van der Waals surface area (Å²) in [6.07, 6.45) is -4.79. The quantitative estimate of drug-likeness (QED) is 0.449. The van der Waals surface area contributed by atoms with Crippen LogP contribution in [0.25, 0.3) is 0 Å². The van der Waals surface area contributed by atoms with E-state index in [0.29, 0.717) is 26.3 Å². The third-order valence-corrected chi connectivity index (χ3v) is 6.77. The molecule has 1 fully saturated rings. The van der Waals surface area contributed by atoms with Gasteiger partial charge >= 0.3 is 6.18 Å². The van der Waals surface area contributed by atoms with Crippen molar-refractivity contribution in [2.45, 2.75) is 36.6 Å². The van der Waals surface area contributed by atoms with Gasteiger partial charge in [0.25, 0.3) is 0 Å². The predicted molar refractivity (Wildman–Crippen MR) is 122 cm³/mol. The fourth-order valence-corrected chi connectivity index (χ4v) is 4.64. The number of halogens is 4. The van der Waals surface area contributed by atoms with Crippen molar-refractivity contribution in [1.82, 2.24) is 5.32 Å². The second kappa shape index (κ2) is 9.49. The summed E-state index contributed by atoms with van der Waals surface area (Å²) in [5, 5.41) is 13.4. The van der Waals surface area contributed by atoms with Crippen LogP contribution >= 0.6 is 0 Å². The highest BCUT2D eigenvalue weighted by Crippen LogP contribution is 2.44. The molecule has 0 radical (unpaired) electrons. The summed E-state index contributed by atoms with van der Waals surface area (Å²) in [6.45, 7) is 2.65. The molecule has 1 aliphatic heterocycles. The number of hydrogen-bond acceptors (Lipinski definition) is 3. The van der Waals surface area contributed by atoms with Gasteiger partial charge in [0.05, 0.1) is 13.2 Å². The maximum Gasteiger partial charge on any atom is 0.421 e. The number of hydrogen-bond donors (Lipinski definition) is 2. The molecule has 2 N–H and O–H groups in total. The van der Waals surface area contributed by atoms with E-state index in [1.54, 1.807) is 24.3 Å². The predicted octanol–water partition coefficient (Wildman–Crippen LogP) is 5.44. The first kappa shape index (κ1) is 24.4. The lowest BCUT2D eigenvalue weighted by Gasteiger charge is -2.36. The van der Waals surface area contributed by atoms with Gasteiger partial charge in [0, 0.05) is 24.4 Å². The Morgan fingerprint density at radius 2 is 1.62 bits per heavy atom. The van der Waals surface area contributed by atoms with Crippen LogP contribution in [0.2, 0.25) is 0 Å². The van der Waals surface area contributed by atoms with Crippen molar-refractivity contribution < 1.29 is 27.4 Å². The van der Waals surface area contributed by atoms with E-state index in [0.717, 1.165) is 23.6 Å². The van der Waals surface area contributed by atoms with Gasteiger partial charge in [-0.1, -0.05) is 66.7 Å². The SMILES string of the molecule is CC(O)(c1ccc([C@@H]2CNC[C@]2(COCc2ccccc2)c2ccc(F)cc2)cc1)C(F)(F)F. The molecule has 1 aliphatic rings. The molecule has 0 aromatic heterocycles. The molecule has 1 heterocycles. The van der Waals surface area contributed by atoms with E-state index >= 15 is 0 Å². The van der Waals surface area contributed by atoms with E-state index in [9.17, 15) is 22.7 Å². The second-order valence-electron chi connectivity index (χ2n) is 9.02. The van der Waals surface area contributed by atoms with Crippen LogP contribution in [-0.2, 0) is 22.4 Å². The zero-order chi connectivity index (χ0) is 24.4. The topological polar surface area (TPSA) is 41.5 Å². The third-order valence-electron chi connectivity index (χ3n) is 6.77. The summed E-state index contributed by atoms with van der Waals surface area (Å²) >= 11 is 0. The summed E-state index contributed by atoms with van der Waals surface area (Å²) in [5.74, 6) is -0.469. The lowest BCUT2D eigenvalue weighted by molar-refractivity contribution is -0.258. The van der Waals surface area contributed by atoms with Crippen molar-refractivity contribution in [2.24, 2.45) is 0 Å². The molecule has 0 spiro atoms. The lowest BCUT2D eigenvalue weighted by atomic mass is 9.70. The van der Waals surface area contributed by atoms with Gasteiger partial charge in [-0.3, -0.25) is 0 Å². The Labute approximate surface area is 196 Å². The minimum atomic E-state index is -4.79. The first-order valence-electron chi connectivity index (χ1n) is 11.1. The molecule has 3 aromatic rings. The summed E-state index contributed by atoms with van der Waals surface area (Å²) in [5.41, 5.74) is -0.967. The van der Waals surface area contributed by atoms with E-state index in [4.69, 9.17) is 4.74 Å². The maximum atomic E-state index is 13.7. The molecule has 1 saturated heterocycles. The monoisotopic (exact) mass is 473 g/mol. The lowest BCUT2D eigenvalue weighted by Crippen LogP contribution is -2.40. The summed E-state index contributed by atoms with van der Waals surface area (Å²) in [7, 11) is 0. The molecule has 34 heavy (non-hydrogen) atoms. The van der Waals surface area contributed by atoms with Crippen molar-refractivity contribution in [1.29, 1.82) is 0 Å². The van der Waals surface area contributed by atoms with Gasteiger partial charge in [-0.25, -0.2) is 4.39 Å². The van der Waals surface area contributed by atoms with Crippen molar-refractivity contribution in [2.75, 3.05) is 19.7 Å². The van der Waals surface area contributed by atoms with Crippen molar-refractivity contribution in [3.63, 3.8) is 0 Å². The molecule has 7 heteroatoms. The Bertz CT molecular complexity index is 1080. The zero-order valence-corrected chi connectivity index (χ0v) is 18.8. The van der Waals surface area contributed by atoms with Crippen LogP contribution in [0.5, 0.6) is 0 Å². The largest absolute Gasteiger partial charge is 0.421 e. The van der Waals surface area contributed by atoms with E-state index in [2.05, 4.69) is 5.32 Å². The van der Waals surface area contributed by atoms with E-state index < -0.39 is 17.2 Å². The Hall–Kier alpha value is -2.74. The second-order valence-corrected chi connectivity index (χ2v) is 9.02. The number of nitrogens with one attached hydrogen (secondary N) is 1. The van der Waals surface area contributed by atoms with Crippen molar-refractivity contribution in [3.8, 4) is 0 Å². The highest BCUT2D eigenvalue weighted by molar-refractivity contribution is 5.39. The highest BCUT2D eigenvalue weighted by Gasteiger charge is 2.51. The normalized spacial score (nSPS) is 22.5. The first-order chi connectivity index (χ1) is 16.1. The fraction of sp³-hybridized carbons (Fsp3) is 0.333. The van der Waals surface area contributed by atoms with Crippen LogP contribution in [0, 0.1) is 5.82 Å². The van der Waals surface area contributed by atoms with Gasteiger partial charge in [0.2, 0.25) is 0 Å². The van der Waals surface area contributed by atoms with E-state index in [1.807, 2.05) is 30.3 Å². The van der Waals surface area contributed by atoms with Gasteiger partial charge in [-0.15, -0.1) is 0 Å². The summed E-state index contributed by atoms with van der Waals surface area (Å²) < 4.78 is 59.6. The molecule has 0 bridgehead atoms. The van der Waals surface area contributed by atoms with Crippen LogP contribution < -0.4 is 5.32 Å². The van der Waals surface area contributed by atoms with Gasteiger partial charge in [-0.2, -0.15) is 13.2 Å². The Kier molecular flexibility index (Phi) is 6.80. The summed E-state index contributed by atoms with van der Waals surface area (Å²) in [6, 6.07) is 21.9. The Morgan fingerprint density at radius 3 is 2.24 bits per heavy atom. The maximum absolute atomic E-state index is 13.7. The number of benzene rings is 3. The molecule has 0 saturated carbocycles. The van der Waals surface area contributed by atoms with Crippen molar-refractivity contribution in [3.05, 3.63) is 107 Å². The molecule has 1 unspecified atom stereocenters. The molecular formula is C27H27F4NO2. The molecular weight excluding hydrogens is 446 g/mol. The van der Waals surface area contributed by atoms with E-state index in [1.165, 1.54) is 24.3 Å². The van der Waals surface area contributed by atoms with Gasteiger partial charge < -0.3 is 15.2 Å². The Balaban J connectivity index is 1.65. The summed E-state index contributed by atoms with van der Waals surface area (Å²) in [4.78, 5) is 0. The smallest absolute Gasteiger partial charge is 0.376 e. The van der Waals surface area contributed by atoms with Crippen LogP contribution in [0.15, 0.2) is 78.9 Å². The van der Waals surface area contributed by atoms with Crippen LogP contribution in [0.1, 0.15) is 35.1 Å². The number of rotatable bonds is 7. The Morgan fingerprint density at radius 1 is 0.971 bits per heavy atom. The van der Waals surface area contributed by atoms with E-state index in [-0.39, 0.29) is 17.3 Å². The van der Waals surface area contributed by atoms with Crippen LogP contribution in [-0.4, -0.2) is 31.0 Å². The highest BCUT2D eigenvalue weighted by atomic mass is 19.4. The van der Waals surface area contributed by atoms with Gasteiger partial charge in [0.1, 0.15) is 5.82 Å². The van der Waals surface area contributed by atoms with Crippen LogP contribution in [0.4, 0.5) is 17.6 Å². The third kappa shape index (κ3) is 4.73. The fourth-order valence-electron chi connectivity index (χ4n) is 4.64. The van der Waals surface area contributed by atoms with Crippen molar-refractivity contribution >= 4 is 0 Å². The minimum Gasteiger partial charge on any atom is -0.376 e. The van der Waals surface area contributed by atoms with Gasteiger partial charge in [0.15, 0.2) is 5.60 Å². The number of aliphatic hydroxyl groups is 1. The molecule has 3 nitrogen and oxygen atoms in total. The first-order valence-corrected chi connectivity index (χ1v) is 11.1. The molecule has 4 rings (SSSR count). The minimum absolute atomic E-state index is 0.126. The molecule has 0 aliphatic carbocycles. The zero-order valence-electron chi connectivity index (χ0n) is 18.8. The van der Waals surface area contributed by atoms with Gasteiger partial charge in [-0.05, 0) is 41.3 Å². The average Bonchev–Trinajstić information content (AvgIpc) is 3.24. The molecule has 0 amide bonds. The molecule has 180 valence electrons.